The van der Waals surface area contributed by atoms with Crippen LogP contribution in [0.3, 0.4) is 0 Å². The lowest BCUT2D eigenvalue weighted by atomic mass is 10.2. The standard InChI is InChI=1S/C27H28ClN5O3S2.ClH/c1-19-10-11-23(28)25-24(19)30-27(37-25)33-16-14-32(15-17-33)13-12-29-26(34)20-6-5-7-21(18-20)31-38(35,36)22-8-3-2-4-9-22;/h2-11,18,31H,12-17H2,1H3,(H,29,34);1H. The van der Waals surface area contributed by atoms with Crippen LogP contribution < -0.4 is 14.9 Å². The molecule has 0 atom stereocenters. The molecule has 8 nitrogen and oxygen atoms in total. The number of aryl methyl sites for hydroxylation is 1. The first-order valence-corrected chi connectivity index (χ1v) is 15.0. The third-order valence-corrected chi connectivity index (χ3v) is 9.45. The van der Waals surface area contributed by atoms with Gasteiger partial charge in [-0.3, -0.25) is 14.4 Å². The number of fused-ring (bicyclic) bond motifs is 1. The van der Waals surface area contributed by atoms with Gasteiger partial charge in [-0.2, -0.15) is 0 Å². The van der Waals surface area contributed by atoms with Crippen LogP contribution in [0.25, 0.3) is 10.2 Å². The Morgan fingerprint density at radius 1 is 1.03 bits per heavy atom. The summed E-state index contributed by atoms with van der Waals surface area (Å²) in [5.74, 6) is -0.244. The third-order valence-electron chi connectivity index (χ3n) is 6.47. The lowest BCUT2D eigenvalue weighted by molar-refractivity contribution is 0.0948. The first kappa shape index (κ1) is 29.1. The van der Waals surface area contributed by atoms with Gasteiger partial charge in [0, 0.05) is 50.5 Å². The summed E-state index contributed by atoms with van der Waals surface area (Å²) in [6.45, 7) is 6.72. The lowest BCUT2D eigenvalue weighted by Crippen LogP contribution is -2.48. The fourth-order valence-corrected chi connectivity index (χ4v) is 6.79. The number of amides is 1. The van der Waals surface area contributed by atoms with E-state index in [1.165, 1.54) is 12.1 Å². The molecule has 0 saturated carbocycles. The molecule has 0 unspecified atom stereocenters. The number of hydrogen-bond donors (Lipinski definition) is 2. The molecule has 2 N–H and O–H groups in total. The highest BCUT2D eigenvalue weighted by atomic mass is 35.5. The van der Waals surface area contributed by atoms with E-state index in [0.717, 1.165) is 58.7 Å². The molecule has 12 heteroatoms. The van der Waals surface area contributed by atoms with E-state index in [2.05, 4.69) is 19.8 Å². The van der Waals surface area contributed by atoms with Gasteiger partial charge >= 0.3 is 0 Å². The van der Waals surface area contributed by atoms with Gasteiger partial charge in [-0.05, 0) is 48.9 Å². The molecule has 1 fully saturated rings. The molecule has 0 radical (unpaired) electrons. The zero-order valence-electron chi connectivity index (χ0n) is 21.3. The highest BCUT2D eigenvalue weighted by Crippen LogP contribution is 2.35. The molecular formula is C27H29Cl2N5O3S2. The minimum absolute atomic E-state index is 0. The van der Waals surface area contributed by atoms with Crippen molar-refractivity contribution in [3.05, 3.63) is 82.9 Å². The Labute approximate surface area is 243 Å². The Bertz CT molecular complexity index is 1520. The third kappa shape index (κ3) is 6.82. The van der Waals surface area contributed by atoms with E-state index in [0.29, 0.717) is 17.8 Å². The van der Waals surface area contributed by atoms with Crippen molar-refractivity contribution in [2.45, 2.75) is 11.8 Å². The van der Waals surface area contributed by atoms with Gasteiger partial charge in [-0.15, -0.1) is 12.4 Å². The van der Waals surface area contributed by atoms with Gasteiger partial charge in [0.15, 0.2) is 5.13 Å². The second-order valence-corrected chi connectivity index (χ2v) is 12.2. The van der Waals surface area contributed by atoms with E-state index in [1.54, 1.807) is 53.8 Å². The van der Waals surface area contributed by atoms with Gasteiger partial charge in [0.2, 0.25) is 0 Å². The van der Waals surface area contributed by atoms with Crippen LogP contribution in [0.1, 0.15) is 15.9 Å². The highest BCUT2D eigenvalue weighted by molar-refractivity contribution is 7.92. The summed E-state index contributed by atoms with van der Waals surface area (Å²) >= 11 is 8.01. The fourth-order valence-electron chi connectivity index (χ4n) is 4.36. The number of sulfonamides is 1. The van der Waals surface area contributed by atoms with Crippen molar-refractivity contribution < 1.29 is 13.2 Å². The largest absolute Gasteiger partial charge is 0.351 e. The molecule has 5 rings (SSSR count). The molecule has 1 aliphatic rings. The Morgan fingerprint density at radius 2 is 1.77 bits per heavy atom. The number of rotatable bonds is 8. The molecule has 4 aromatic rings. The van der Waals surface area contributed by atoms with Crippen molar-refractivity contribution in [3.63, 3.8) is 0 Å². The molecule has 0 bridgehead atoms. The number of carbonyl (C=O) groups is 1. The van der Waals surface area contributed by atoms with Crippen molar-refractivity contribution in [1.29, 1.82) is 0 Å². The zero-order valence-corrected chi connectivity index (χ0v) is 24.5. The molecule has 1 amide bonds. The van der Waals surface area contributed by atoms with Crippen LogP contribution in [-0.4, -0.2) is 63.5 Å². The Kier molecular flexibility index (Phi) is 9.35. The predicted molar refractivity (Wildman–Crippen MR) is 161 cm³/mol. The quantitative estimate of drug-likeness (QED) is 0.292. The number of hydrogen-bond acceptors (Lipinski definition) is 7. The average Bonchev–Trinajstić information content (AvgIpc) is 3.39. The Morgan fingerprint density at radius 3 is 2.49 bits per heavy atom. The normalized spacial score (nSPS) is 14.2. The van der Waals surface area contributed by atoms with E-state index in [-0.39, 0.29) is 23.2 Å². The smallest absolute Gasteiger partial charge is 0.261 e. The van der Waals surface area contributed by atoms with E-state index < -0.39 is 10.0 Å². The number of anilines is 2. The minimum atomic E-state index is -3.73. The highest BCUT2D eigenvalue weighted by Gasteiger charge is 2.21. The predicted octanol–water partition coefficient (Wildman–Crippen LogP) is 5.03. The van der Waals surface area contributed by atoms with Crippen LogP contribution >= 0.6 is 35.3 Å². The van der Waals surface area contributed by atoms with Crippen LogP contribution in [0.5, 0.6) is 0 Å². The van der Waals surface area contributed by atoms with E-state index >= 15 is 0 Å². The monoisotopic (exact) mass is 605 g/mol. The van der Waals surface area contributed by atoms with Gasteiger partial charge in [0.1, 0.15) is 0 Å². The maximum atomic E-state index is 12.7. The lowest BCUT2D eigenvalue weighted by Gasteiger charge is -2.34. The van der Waals surface area contributed by atoms with Crippen LogP contribution in [0.15, 0.2) is 71.6 Å². The second-order valence-electron chi connectivity index (χ2n) is 9.12. The second kappa shape index (κ2) is 12.5. The molecule has 1 aromatic heterocycles. The van der Waals surface area contributed by atoms with Gasteiger partial charge < -0.3 is 10.2 Å². The summed E-state index contributed by atoms with van der Waals surface area (Å²) in [6.07, 6.45) is 0. The Balaban J connectivity index is 0.00000353. The van der Waals surface area contributed by atoms with E-state index in [9.17, 15) is 13.2 Å². The molecular weight excluding hydrogens is 577 g/mol. The van der Waals surface area contributed by atoms with Gasteiger partial charge in [0.25, 0.3) is 15.9 Å². The molecule has 0 aliphatic carbocycles. The summed E-state index contributed by atoms with van der Waals surface area (Å²) in [4.78, 5) is 22.3. The first-order valence-electron chi connectivity index (χ1n) is 12.3. The van der Waals surface area contributed by atoms with Gasteiger partial charge in [-0.25, -0.2) is 13.4 Å². The van der Waals surface area contributed by atoms with Crippen molar-refractivity contribution in [2.24, 2.45) is 0 Å². The number of halogens is 2. The number of piperazine rings is 1. The topological polar surface area (TPSA) is 94.6 Å². The molecule has 39 heavy (non-hydrogen) atoms. The molecule has 1 aliphatic heterocycles. The van der Waals surface area contributed by atoms with Gasteiger partial charge in [-0.1, -0.05) is 53.3 Å². The van der Waals surface area contributed by atoms with E-state index in [1.807, 2.05) is 19.1 Å². The number of nitrogens with one attached hydrogen (secondary N) is 2. The maximum absolute atomic E-state index is 12.7. The Hall–Kier alpha value is -2.89. The van der Waals surface area contributed by atoms with Crippen LogP contribution in [0.4, 0.5) is 10.8 Å². The first-order chi connectivity index (χ1) is 18.3. The SMILES string of the molecule is Cc1ccc(Cl)c2sc(N3CCN(CCNC(=O)c4cccc(NS(=O)(=O)c5ccccc5)c4)CC3)nc12.Cl. The molecule has 0 spiro atoms. The van der Waals surface area contributed by atoms with Crippen molar-refractivity contribution in [1.82, 2.24) is 15.2 Å². The van der Waals surface area contributed by atoms with Gasteiger partial charge in [0.05, 0.1) is 20.1 Å². The number of benzene rings is 3. The van der Waals surface area contributed by atoms with Crippen molar-refractivity contribution >= 4 is 72.3 Å². The fraction of sp³-hybridized carbons (Fsp3) is 0.259. The van der Waals surface area contributed by atoms with Crippen molar-refractivity contribution in [2.75, 3.05) is 48.9 Å². The number of carbonyl (C=O) groups excluding carboxylic acids is 1. The zero-order chi connectivity index (χ0) is 26.7. The summed E-state index contributed by atoms with van der Waals surface area (Å²) in [5.41, 5.74) is 2.83. The van der Waals surface area contributed by atoms with Crippen LogP contribution in [-0.2, 0) is 10.0 Å². The van der Waals surface area contributed by atoms with E-state index in [4.69, 9.17) is 16.6 Å². The summed E-state index contributed by atoms with van der Waals surface area (Å²) in [7, 11) is -3.73. The molecule has 2 heterocycles. The maximum Gasteiger partial charge on any atom is 0.261 e. The van der Waals surface area contributed by atoms with Crippen LogP contribution in [0, 0.1) is 6.92 Å². The molecule has 206 valence electrons. The van der Waals surface area contributed by atoms with Crippen molar-refractivity contribution in [3.8, 4) is 0 Å². The summed E-state index contributed by atoms with van der Waals surface area (Å²) in [5, 5.41) is 4.68. The minimum Gasteiger partial charge on any atom is -0.351 e. The average molecular weight is 607 g/mol. The number of aromatic nitrogens is 1. The summed E-state index contributed by atoms with van der Waals surface area (Å²) < 4.78 is 28.7. The molecule has 3 aromatic carbocycles. The summed E-state index contributed by atoms with van der Waals surface area (Å²) in [6, 6.07) is 18.5. The number of thiazole rings is 1. The number of nitrogens with zero attached hydrogens (tertiary/aromatic N) is 3. The van der Waals surface area contributed by atoms with Crippen LogP contribution in [0.2, 0.25) is 5.02 Å². The molecule has 1 saturated heterocycles.